The minimum absolute atomic E-state index is 0.0597. The number of anilines is 1. The average Bonchev–Trinajstić information content (AvgIpc) is 2.82. The third-order valence-corrected chi connectivity index (χ3v) is 6.12. The fraction of sp³-hybridized carbons (Fsp3) is 0.400. The minimum atomic E-state index is -0.810. The Labute approximate surface area is 196 Å². The van der Waals surface area contributed by atoms with Crippen molar-refractivity contribution in [2.24, 2.45) is 13.0 Å². The maximum absolute atomic E-state index is 13.2. The van der Waals surface area contributed by atoms with Gasteiger partial charge in [0, 0.05) is 24.7 Å². The molecule has 1 aliphatic rings. The first-order valence-corrected chi connectivity index (χ1v) is 11.4. The van der Waals surface area contributed by atoms with E-state index < -0.39 is 29.6 Å². The summed E-state index contributed by atoms with van der Waals surface area (Å²) in [5, 5.41) is 0.668. The van der Waals surface area contributed by atoms with Gasteiger partial charge in [-0.25, -0.2) is 9.59 Å². The van der Waals surface area contributed by atoms with Crippen LogP contribution in [0.3, 0.4) is 0 Å². The van der Waals surface area contributed by atoms with Crippen molar-refractivity contribution < 1.29 is 14.3 Å². The Balaban J connectivity index is 1.67. The number of nitrogen functional groups attached to an aromatic ring is 1. The maximum Gasteiger partial charge on any atom is 0.339 e. The molecule has 2 heterocycles. The van der Waals surface area contributed by atoms with Crippen LogP contribution in [-0.2, 0) is 31.2 Å². The van der Waals surface area contributed by atoms with Gasteiger partial charge in [0.25, 0.3) is 5.56 Å². The van der Waals surface area contributed by atoms with Crippen molar-refractivity contribution in [2.75, 3.05) is 12.3 Å². The molecule has 0 atom stereocenters. The van der Waals surface area contributed by atoms with Gasteiger partial charge in [-0.3, -0.25) is 23.7 Å². The molecule has 34 heavy (non-hydrogen) atoms. The Morgan fingerprint density at radius 1 is 1.12 bits per heavy atom. The standard InChI is InChI=1S/C25H28N4O5/c1-14(2)12-29-22(26)21(23(31)28(3)25(29)33)19(30)13-34-24(32)20-15-8-4-6-10-17(15)27-18-11-7-5-9-16(18)20/h4,6,8,10,14H,5,7,9,11-13,26H2,1-3H3. The van der Waals surface area contributed by atoms with E-state index in [0.717, 1.165) is 35.1 Å². The van der Waals surface area contributed by atoms with Gasteiger partial charge in [0.1, 0.15) is 11.4 Å². The number of carbonyl (C=O) groups is 2. The molecule has 1 aliphatic carbocycles. The molecular formula is C25H28N4O5. The van der Waals surface area contributed by atoms with Crippen LogP contribution < -0.4 is 17.0 Å². The predicted octanol–water partition coefficient (Wildman–Crippen LogP) is 2.25. The number of nitrogens with two attached hydrogens (primary N) is 1. The molecule has 178 valence electrons. The Bertz CT molecular complexity index is 1420. The lowest BCUT2D eigenvalue weighted by Crippen LogP contribution is -2.43. The predicted molar refractivity (Wildman–Crippen MR) is 128 cm³/mol. The fourth-order valence-corrected chi connectivity index (χ4v) is 4.47. The van der Waals surface area contributed by atoms with Crippen LogP contribution in [0.2, 0.25) is 0 Å². The van der Waals surface area contributed by atoms with Crippen LogP contribution in [0, 0.1) is 5.92 Å². The molecule has 0 amide bonds. The van der Waals surface area contributed by atoms with Gasteiger partial charge in [-0.05, 0) is 43.2 Å². The van der Waals surface area contributed by atoms with Crippen LogP contribution in [0.4, 0.5) is 5.82 Å². The van der Waals surface area contributed by atoms with Crippen LogP contribution >= 0.6 is 0 Å². The summed E-state index contributed by atoms with van der Waals surface area (Å²) >= 11 is 0. The number of para-hydroxylation sites is 1. The van der Waals surface area contributed by atoms with Crippen molar-refractivity contribution in [2.45, 2.75) is 46.1 Å². The van der Waals surface area contributed by atoms with Crippen molar-refractivity contribution in [1.82, 2.24) is 14.1 Å². The van der Waals surface area contributed by atoms with Crippen molar-refractivity contribution in [3.63, 3.8) is 0 Å². The summed E-state index contributed by atoms with van der Waals surface area (Å²) in [5.41, 5.74) is 7.15. The van der Waals surface area contributed by atoms with Gasteiger partial charge < -0.3 is 10.5 Å². The lowest BCUT2D eigenvalue weighted by Gasteiger charge is -2.20. The number of fused-ring (bicyclic) bond motifs is 2. The summed E-state index contributed by atoms with van der Waals surface area (Å²) in [6.07, 6.45) is 3.43. The first kappa shape index (κ1) is 23.4. The Morgan fingerprint density at radius 2 is 1.82 bits per heavy atom. The molecule has 0 radical (unpaired) electrons. The second-order valence-corrected chi connectivity index (χ2v) is 9.05. The molecule has 9 nitrogen and oxygen atoms in total. The largest absolute Gasteiger partial charge is 0.454 e. The van der Waals surface area contributed by atoms with E-state index in [-0.39, 0.29) is 23.8 Å². The van der Waals surface area contributed by atoms with E-state index in [1.807, 2.05) is 38.1 Å². The lowest BCUT2D eigenvalue weighted by molar-refractivity contribution is 0.0474. The highest BCUT2D eigenvalue weighted by Gasteiger charge is 2.26. The minimum Gasteiger partial charge on any atom is -0.454 e. The average molecular weight is 465 g/mol. The number of hydrogen-bond acceptors (Lipinski definition) is 7. The summed E-state index contributed by atoms with van der Waals surface area (Å²) in [6, 6.07) is 7.33. The van der Waals surface area contributed by atoms with E-state index in [4.69, 9.17) is 15.5 Å². The number of nitrogens with zero attached hydrogens (tertiary/aromatic N) is 3. The monoisotopic (exact) mass is 464 g/mol. The van der Waals surface area contributed by atoms with Gasteiger partial charge >= 0.3 is 11.7 Å². The summed E-state index contributed by atoms with van der Waals surface area (Å²) < 4.78 is 7.46. The molecule has 0 fully saturated rings. The number of hydrogen-bond donors (Lipinski definition) is 1. The summed E-state index contributed by atoms with van der Waals surface area (Å²) in [4.78, 5) is 56.0. The number of ether oxygens (including phenoxy) is 1. The Morgan fingerprint density at radius 3 is 2.56 bits per heavy atom. The zero-order valence-corrected chi connectivity index (χ0v) is 19.6. The van der Waals surface area contributed by atoms with E-state index in [2.05, 4.69) is 0 Å². The molecule has 0 aliphatic heterocycles. The van der Waals surface area contributed by atoms with Gasteiger partial charge in [0.05, 0.1) is 11.1 Å². The quantitative estimate of drug-likeness (QED) is 0.438. The summed E-state index contributed by atoms with van der Waals surface area (Å²) in [7, 11) is 1.29. The highest BCUT2D eigenvalue weighted by Crippen LogP contribution is 2.29. The maximum atomic E-state index is 13.2. The van der Waals surface area contributed by atoms with Crippen LogP contribution in [0.15, 0.2) is 33.9 Å². The third kappa shape index (κ3) is 4.13. The molecule has 2 aromatic heterocycles. The van der Waals surface area contributed by atoms with E-state index in [9.17, 15) is 19.2 Å². The number of benzene rings is 1. The molecular weight excluding hydrogens is 436 g/mol. The molecule has 0 unspecified atom stereocenters. The van der Waals surface area contributed by atoms with Crippen molar-refractivity contribution in [3.8, 4) is 0 Å². The number of rotatable bonds is 6. The first-order valence-electron chi connectivity index (χ1n) is 11.4. The lowest BCUT2D eigenvalue weighted by atomic mass is 9.90. The second kappa shape index (κ2) is 9.24. The summed E-state index contributed by atoms with van der Waals surface area (Å²) in [6.45, 7) is 3.36. The van der Waals surface area contributed by atoms with Crippen LogP contribution in [0.5, 0.6) is 0 Å². The van der Waals surface area contributed by atoms with E-state index >= 15 is 0 Å². The molecule has 9 heteroatoms. The number of aromatic nitrogens is 3. The van der Waals surface area contributed by atoms with Gasteiger partial charge in [-0.1, -0.05) is 32.0 Å². The number of ketones is 1. The zero-order valence-electron chi connectivity index (χ0n) is 19.6. The molecule has 4 rings (SSSR count). The highest BCUT2D eigenvalue weighted by atomic mass is 16.5. The van der Waals surface area contributed by atoms with Crippen molar-refractivity contribution in [3.05, 3.63) is 67.5 Å². The van der Waals surface area contributed by atoms with Gasteiger partial charge in [-0.15, -0.1) is 0 Å². The normalized spacial score (nSPS) is 13.2. The number of pyridine rings is 1. The molecule has 0 spiro atoms. The van der Waals surface area contributed by atoms with Crippen LogP contribution in [0.1, 0.15) is 58.7 Å². The van der Waals surface area contributed by atoms with E-state index in [1.165, 1.54) is 11.6 Å². The van der Waals surface area contributed by atoms with Gasteiger partial charge in [0.2, 0.25) is 5.78 Å². The molecule has 3 aromatic rings. The fourth-order valence-electron chi connectivity index (χ4n) is 4.47. The first-order chi connectivity index (χ1) is 16.2. The van der Waals surface area contributed by atoms with Gasteiger partial charge in [0.15, 0.2) is 6.61 Å². The third-order valence-electron chi connectivity index (χ3n) is 6.12. The number of esters is 1. The Hall–Kier alpha value is -3.75. The van der Waals surface area contributed by atoms with Gasteiger partial charge in [-0.2, -0.15) is 0 Å². The molecule has 0 bridgehead atoms. The molecule has 1 aromatic carbocycles. The van der Waals surface area contributed by atoms with Crippen molar-refractivity contribution >= 4 is 28.5 Å². The van der Waals surface area contributed by atoms with E-state index in [1.54, 1.807) is 0 Å². The molecule has 0 saturated heterocycles. The Kier molecular flexibility index (Phi) is 6.37. The number of Topliss-reactive ketones (excluding diaryl/α,β-unsaturated/α-hetero) is 1. The molecule has 2 N–H and O–H groups in total. The number of aryl methyl sites for hydroxylation is 1. The highest BCUT2D eigenvalue weighted by molar-refractivity contribution is 6.07. The van der Waals surface area contributed by atoms with Crippen molar-refractivity contribution in [1.29, 1.82) is 0 Å². The van der Waals surface area contributed by atoms with Crippen LogP contribution in [0.25, 0.3) is 10.9 Å². The van der Waals surface area contributed by atoms with E-state index in [0.29, 0.717) is 22.9 Å². The summed E-state index contributed by atoms with van der Waals surface area (Å²) in [5.74, 6) is -1.55. The van der Waals surface area contributed by atoms with Crippen LogP contribution in [-0.4, -0.2) is 32.5 Å². The second-order valence-electron chi connectivity index (χ2n) is 9.05. The smallest absolute Gasteiger partial charge is 0.339 e. The molecule has 0 saturated carbocycles. The topological polar surface area (TPSA) is 126 Å². The zero-order chi connectivity index (χ0) is 24.6. The number of carbonyl (C=O) groups excluding carboxylic acids is 2. The SMILES string of the molecule is CC(C)Cn1c(N)c(C(=O)COC(=O)c2c3c(nc4ccccc24)CCCC3)c(=O)n(C)c1=O.